The molecule has 1 aliphatic rings. The molecule has 1 aliphatic carbocycles. The van der Waals surface area contributed by atoms with Gasteiger partial charge in [-0.2, -0.15) is 0 Å². The van der Waals surface area contributed by atoms with Gasteiger partial charge in [0, 0.05) is 24.1 Å². The Hall–Kier alpha value is -1.77. The molecule has 0 aliphatic heterocycles. The fourth-order valence-electron chi connectivity index (χ4n) is 2.46. The van der Waals surface area contributed by atoms with Crippen LogP contribution < -0.4 is 0 Å². The third kappa shape index (κ3) is 1.24. The summed E-state index contributed by atoms with van der Waals surface area (Å²) >= 11 is 0. The van der Waals surface area contributed by atoms with E-state index in [0.717, 1.165) is 6.42 Å². The van der Waals surface area contributed by atoms with Crippen molar-refractivity contribution in [1.82, 2.24) is 4.57 Å². The number of aryl methyl sites for hydroxylation is 1. The molecular formula is C13H13NO2. The van der Waals surface area contributed by atoms with E-state index in [-0.39, 0.29) is 11.8 Å². The van der Waals surface area contributed by atoms with Crippen molar-refractivity contribution >= 4 is 16.9 Å². The summed E-state index contributed by atoms with van der Waals surface area (Å²) in [4.78, 5) is 10.9. The summed E-state index contributed by atoms with van der Waals surface area (Å²) in [5.41, 5.74) is 2.36. The Morgan fingerprint density at radius 2 is 2.25 bits per heavy atom. The van der Waals surface area contributed by atoms with E-state index in [2.05, 4.69) is 22.8 Å². The van der Waals surface area contributed by atoms with E-state index in [1.54, 1.807) is 0 Å². The molecule has 0 amide bonds. The fraction of sp³-hybridized carbons (Fsp3) is 0.308. The number of rotatable bonds is 2. The highest BCUT2D eigenvalue weighted by Crippen LogP contribution is 2.49. The topological polar surface area (TPSA) is 42.2 Å². The van der Waals surface area contributed by atoms with Crippen LogP contribution >= 0.6 is 0 Å². The lowest BCUT2D eigenvalue weighted by atomic mass is 10.0. The summed E-state index contributed by atoms with van der Waals surface area (Å²) in [6.07, 6.45) is 2.80. The molecule has 3 nitrogen and oxygen atoms in total. The molecule has 1 aromatic heterocycles. The Morgan fingerprint density at radius 1 is 1.44 bits per heavy atom. The minimum absolute atomic E-state index is 0.175. The van der Waals surface area contributed by atoms with E-state index >= 15 is 0 Å². The first kappa shape index (κ1) is 9.46. The van der Waals surface area contributed by atoms with E-state index in [1.165, 1.54) is 16.5 Å². The fourth-order valence-corrected chi connectivity index (χ4v) is 2.46. The second kappa shape index (κ2) is 3.11. The van der Waals surface area contributed by atoms with Gasteiger partial charge in [-0.3, -0.25) is 4.79 Å². The summed E-state index contributed by atoms with van der Waals surface area (Å²) in [6.45, 7) is 0. The highest BCUT2D eigenvalue weighted by Gasteiger charge is 2.44. The lowest BCUT2D eigenvalue weighted by molar-refractivity contribution is -0.138. The predicted molar refractivity (Wildman–Crippen MR) is 61.4 cm³/mol. The Kier molecular flexibility index (Phi) is 1.84. The first-order valence-electron chi connectivity index (χ1n) is 5.45. The molecule has 3 rings (SSSR count). The van der Waals surface area contributed by atoms with E-state index in [0.29, 0.717) is 0 Å². The number of carboxylic acids is 1. The molecule has 2 aromatic rings. The highest BCUT2D eigenvalue weighted by atomic mass is 16.4. The first-order valence-corrected chi connectivity index (χ1v) is 5.45. The number of hydrogen-bond donors (Lipinski definition) is 1. The van der Waals surface area contributed by atoms with Crippen molar-refractivity contribution in [3.63, 3.8) is 0 Å². The van der Waals surface area contributed by atoms with Crippen LogP contribution in [0.2, 0.25) is 0 Å². The molecule has 1 aromatic carbocycles. The van der Waals surface area contributed by atoms with Gasteiger partial charge in [0.15, 0.2) is 0 Å². The molecule has 0 radical (unpaired) electrons. The molecule has 82 valence electrons. The highest BCUT2D eigenvalue weighted by molar-refractivity contribution is 5.86. The van der Waals surface area contributed by atoms with Crippen LogP contribution in [0, 0.1) is 5.92 Å². The van der Waals surface area contributed by atoms with Crippen LogP contribution in [0.3, 0.4) is 0 Å². The van der Waals surface area contributed by atoms with Crippen LogP contribution in [-0.4, -0.2) is 15.6 Å². The number of aromatic nitrogens is 1. The standard InChI is InChI=1S/C13H13NO2/c1-14-6-5-9-8(3-2-4-12(9)14)10-7-11(10)13(15)16/h2-6,10-11H,7H2,1H3,(H,15,16)/t10-,11+/m0/s1. The van der Waals surface area contributed by atoms with Crippen LogP contribution in [0.5, 0.6) is 0 Å². The second-order valence-corrected chi connectivity index (χ2v) is 4.49. The zero-order chi connectivity index (χ0) is 11.3. The van der Waals surface area contributed by atoms with Gasteiger partial charge in [0.2, 0.25) is 0 Å². The van der Waals surface area contributed by atoms with Crippen molar-refractivity contribution in [2.24, 2.45) is 13.0 Å². The Labute approximate surface area is 93.3 Å². The molecule has 1 saturated carbocycles. The average Bonchev–Trinajstić information content (AvgIpc) is 2.98. The Morgan fingerprint density at radius 3 is 2.94 bits per heavy atom. The average molecular weight is 215 g/mol. The van der Waals surface area contributed by atoms with E-state index in [9.17, 15) is 4.79 Å². The largest absolute Gasteiger partial charge is 0.481 e. The number of hydrogen-bond acceptors (Lipinski definition) is 1. The van der Waals surface area contributed by atoms with Crippen molar-refractivity contribution in [1.29, 1.82) is 0 Å². The summed E-state index contributed by atoms with van der Waals surface area (Å²) in [5.74, 6) is -0.632. The van der Waals surface area contributed by atoms with Gasteiger partial charge in [-0.15, -0.1) is 0 Å². The molecule has 16 heavy (non-hydrogen) atoms. The van der Waals surface area contributed by atoms with Crippen molar-refractivity contribution in [3.05, 3.63) is 36.0 Å². The number of benzene rings is 1. The lowest BCUT2D eigenvalue weighted by Crippen LogP contribution is -1.99. The Balaban J connectivity index is 2.08. The van der Waals surface area contributed by atoms with Gasteiger partial charge in [-0.25, -0.2) is 0 Å². The van der Waals surface area contributed by atoms with Gasteiger partial charge in [0.25, 0.3) is 0 Å². The third-order valence-electron chi connectivity index (χ3n) is 3.47. The van der Waals surface area contributed by atoms with Gasteiger partial charge in [-0.1, -0.05) is 12.1 Å². The molecule has 2 atom stereocenters. The quantitative estimate of drug-likeness (QED) is 0.835. The molecule has 0 unspecified atom stereocenters. The monoisotopic (exact) mass is 215 g/mol. The third-order valence-corrected chi connectivity index (χ3v) is 3.47. The van der Waals surface area contributed by atoms with E-state index in [4.69, 9.17) is 5.11 Å². The normalized spacial score (nSPS) is 23.6. The molecule has 1 fully saturated rings. The lowest BCUT2D eigenvalue weighted by Gasteiger charge is -2.02. The SMILES string of the molecule is Cn1ccc2c([C@@H]3C[C@H]3C(=O)O)cccc21. The molecule has 0 spiro atoms. The zero-order valence-electron chi connectivity index (χ0n) is 9.05. The van der Waals surface area contributed by atoms with Gasteiger partial charge in [-0.05, 0) is 30.0 Å². The minimum atomic E-state index is -0.669. The molecular weight excluding hydrogens is 202 g/mol. The summed E-state index contributed by atoms with van der Waals surface area (Å²) in [7, 11) is 2.01. The number of fused-ring (bicyclic) bond motifs is 1. The molecule has 1 N–H and O–H groups in total. The summed E-state index contributed by atoms with van der Waals surface area (Å²) in [5, 5.41) is 10.2. The molecule has 3 heteroatoms. The maximum absolute atomic E-state index is 10.9. The van der Waals surface area contributed by atoms with Crippen LogP contribution in [0.25, 0.3) is 10.9 Å². The summed E-state index contributed by atoms with van der Waals surface area (Å²) in [6, 6.07) is 8.20. The number of nitrogens with zero attached hydrogens (tertiary/aromatic N) is 1. The smallest absolute Gasteiger partial charge is 0.307 e. The zero-order valence-corrected chi connectivity index (χ0v) is 9.05. The van der Waals surface area contributed by atoms with Crippen molar-refractivity contribution in [3.8, 4) is 0 Å². The maximum Gasteiger partial charge on any atom is 0.307 e. The van der Waals surface area contributed by atoms with Gasteiger partial charge in [0.05, 0.1) is 5.92 Å². The number of carbonyl (C=O) groups is 1. The van der Waals surface area contributed by atoms with E-state index < -0.39 is 5.97 Å². The minimum Gasteiger partial charge on any atom is -0.481 e. The van der Waals surface area contributed by atoms with Crippen LogP contribution in [0.4, 0.5) is 0 Å². The van der Waals surface area contributed by atoms with Crippen LogP contribution in [0.1, 0.15) is 17.9 Å². The second-order valence-electron chi connectivity index (χ2n) is 4.49. The van der Waals surface area contributed by atoms with Gasteiger partial charge >= 0.3 is 5.97 Å². The van der Waals surface area contributed by atoms with E-state index in [1.807, 2.05) is 19.3 Å². The number of carboxylic acid groups (broad SMARTS) is 1. The maximum atomic E-state index is 10.9. The first-order chi connectivity index (χ1) is 7.68. The predicted octanol–water partition coefficient (Wildman–Crippen LogP) is 2.37. The van der Waals surface area contributed by atoms with Crippen molar-refractivity contribution in [2.75, 3.05) is 0 Å². The Bertz CT molecular complexity index is 570. The molecule has 1 heterocycles. The van der Waals surface area contributed by atoms with Crippen LogP contribution in [-0.2, 0) is 11.8 Å². The van der Waals surface area contributed by atoms with Gasteiger partial charge < -0.3 is 9.67 Å². The van der Waals surface area contributed by atoms with Gasteiger partial charge in [0.1, 0.15) is 0 Å². The van der Waals surface area contributed by atoms with Crippen molar-refractivity contribution < 1.29 is 9.90 Å². The summed E-state index contributed by atoms with van der Waals surface area (Å²) < 4.78 is 2.07. The molecule has 0 saturated heterocycles. The van der Waals surface area contributed by atoms with Crippen molar-refractivity contribution in [2.45, 2.75) is 12.3 Å². The molecule has 0 bridgehead atoms. The number of aliphatic carboxylic acids is 1. The van der Waals surface area contributed by atoms with Crippen LogP contribution in [0.15, 0.2) is 30.5 Å².